The van der Waals surface area contributed by atoms with Gasteiger partial charge in [0, 0.05) is 12.7 Å². The Morgan fingerprint density at radius 2 is 2.13 bits per heavy atom. The molecule has 0 fully saturated rings. The lowest BCUT2D eigenvalue weighted by Crippen LogP contribution is -2.10. The molecule has 0 radical (unpaired) electrons. The number of rotatable bonds is 6. The maximum atomic E-state index is 5.55. The van der Waals surface area contributed by atoms with Crippen LogP contribution in [0.4, 0.5) is 5.69 Å². The summed E-state index contributed by atoms with van der Waals surface area (Å²) in [5, 5.41) is 0. The third kappa shape index (κ3) is 5.22. The molecule has 15 heavy (non-hydrogen) atoms. The highest BCUT2D eigenvalue weighted by atomic mass is 16.5. The summed E-state index contributed by atoms with van der Waals surface area (Å²) >= 11 is 0. The van der Waals surface area contributed by atoms with Crippen molar-refractivity contribution in [3.05, 3.63) is 18.5 Å². The van der Waals surface area contributed by atoms with Gasteiger partial charge in [0.1, 0.15) is 12.4 Å². The van der Waals surface area contributed by atoms with Crippen LogP contribution in [0, 0.1) is 5.92 Å². The van der Waals surface area contributed by atoms with Crippen molar-refractivity contribution in [3.8, 4) is 5.75 Å². The maximum Gasteiger partial charge on any atom is 0.139 e. The Balaban J connectivity index is 2.15. The van der Waals surface area contributed by atoms with Crippen molar-refractivity contribution in [1.29, 1.82) is 0 Å². The zero-order valence-electron chi connectivity index (χ0n) is 9.27. The summed E-state index contributed by atoms with van der Waals surface area (Å²) < 4.78 is 10.8. The Labute approximate surface area is 90.4 Å². The van der Waals surface area contributed by atoms with Gasteiger partial charge in [-0.15, -0.1) is 0 Å². The molecule has 2 N–H and O–H groups in total. The lowest BCUT2D eigenvalue weighted by atomic mass is 10.2. The Morgan fingerprint density at radius 3 is 2.80 bits per heavy atom. The number of hydrogen-bond acceptors (Lipinski definition) is 4. The van der Waals surface area contributed by atoms with E-state index in [-0.39, 0.29) is 0 Å². The topological polar surface area (TPSA) is 57.4 Å². The molecule has 0 spiro atoms. The number of nitrogens with zero attached hydrogens (tertiary/aromatic N) is 1. The van der Waals surface area contributed by atoms with Crippen LogP contribution in [0.3, 0.4) is 0 Å². The highest BCUT2D eigenvalue weighted by molar-refractivity contribution is 5.39. The lowest BCUT2D eigenvalue weighted by molar-refractivity contribution is 0.0818. The van der Waals surface area contributed by atoms with Gasteiger partial charge in [-0.25, -0.2) is 0 Å². The second-order valence-electron chi connectivity index (χ2n) is 3.77. The number of nitrogens with two attached hydrogens (primary N) is 1. The Hall–Kier alpha value is -1.29. The van der Waals surface area contributed by atoms with Crippen LogP contribution >= 0.6 is 0 Å². The number of nitrogen functional groups attached to an aromatic ring is 1. The first-order chi connectivity index (χ1) is 7.18. The first-order valence-corrected chi connectivity index (χ1v) is 5.09. The molecule has 0 aromatic carbocycles. The van der Waals surface area contributed by atoms with E-state index in [1.165, 1.54) is 0 Å². The standard InChI is InChI=1S/C11H18N2O2/c1-9(2)8-14-3-4-15-11-5-10(12)6-13-7-11/h5-7,9H,3-4,8,12H2,1-2H3. The van der Waals surface area contributed by atoms with Crippen molar-refractivity contribution >= 4 is 5.69 Å². The van der Waals surface area contributed by atoms with Crippen molar-refractivity contribution in [3.63, 3.8) is 0 Å². The van der Waals surface area contributed by atoms with E-state index in [1.54, 1.807) is 18.5 Å². The minimum Gasteiger partial charge on any atom is -0.489 e. The molecular formula is C11H18N2O2. The molecule has 1 aromatic heterocycles. The maximum absolute atomic E-state index is 5.55. The van der Waals surface area contributed by atoms with Gasteiger partial charge in [-0.2, -0.15) is 0 Å². The molecule has 1 aromatic rings. The number of ether oxygens (including phenoxy) is 2. The smallest absolute Gasteiger partial charge is 0.139 e. The van der Waals surface area contributed by atoms with Crippen LogP contribution in [0.25, 0.3) is 0 Å². The predicted octanol–water partition coefficient (Wildman–Crippen LogP) is 1.72. The third-order valence-corrected chi connectivity index (χ3v) is 1.68. The van der Waals surface area contributed by atoms with Crippen LogP contribution in [0.5, 0.6) is 5.75 Å². The third-order valence-electron chi connectivity index (χ3n) is 1.68. The van der Waals surface area contributed by atoms with Gasteiger partial charge in [-0.1, -0.05) is 13.8 Å². The lowest BCUT2D eigenvalue weighted by Gasteiger charge is -2.08. The second kappa shape index (κ2) is 6.24. The van der Waals surface area contributed by atoms with E-state index in [0.29, 0.717) is 30.6 Å². The molecule has 0 aliphatic carbocycles. The van der Waals surface area contributed by atoms with Gasteiger partial charge in [0.15, 0.2) is 0 Å². The van der Waals surface area contributed by atoms with Crippen molar-refractivity contribution < 1.29 is 9.47 Å². The van der Waals surface area contributed by atoms with E-state index in [9.17, 15) is 0 Å². The zero-order valence-corrected chi connectivity index (χ0v) is 9.27. The monoisotopic (exact) mass is 210 g/mol. The van der Waals surface area contributed by atoms with E-state index in [2.05, 4.69) is 18.8 Å². The summed E-state index contributed by atoms with van der Waals surface area (Å²) in [6.07, 6.45) is 3.22. The molecule has 0 amide bonds. The average Bonchev–Trinajstić information content (AvgIpc) is 2.17. The van der Waals surface area contributed by atoms with Gasteiger partial charge in [0.2, 0.25) is 0 Å². The van der Waals surface area contributed by atoms with Crippen LogP contribution < -0.4 is 10.5 Å². The average molecular weight is 210 g/mol. The normalized spacial score (nSPS) is 10.6. The second-order valence-corrected chi connectivity index (χ2v) is 3.77. The fraction of sp³-hybridized carbons (Fsp3) is 0.545. The number of aromatic nitrogens is 1. The SMILES string of the molecule is CC(C)COCCOc1cncc(N)c1. The summed E-state index contributed by atoms with van der Waals surface area (Å²) in [6, 6.07) is 1.75. The van der Waals surface area contributed by atoms with Gasteiger partial charge in [-0.3, -0.25) is 4.98 Å². The summed E-state index contributed by atoms with van der Waals surface area (Å²) in [4.78, 5) is 3.92. The number of anilines is 1. The first kappa shape index (κ1) is 11.8. The van der Waals surface area contributed by atoms with E-state index in [4.69, 9.17) is 15.2 Å². The number of pyridine rings is 1. The Morgan fingerprint density at radius 1 is 1.33 bits per heavy atom. The van der Waals surface area contributed by atoms with Crippen molar-refractivity contribution in [2.45, 2.75) is 13.8 Å². The summed E-state index contributed by atoms with van der Waals surface area (Å²) in [6.45, 7) is 6.11. The van der Waals surface area contributed by atoms with Gasteiger partial charge < -0.3 is 15.2 Å². The van der Waals surface area contributed by atoms with Crippen LogP contribution in [-0.2, 0) is 4.74 Å². The molecule has 4 nitrogen and oxygen atoms in total. The molecule has 0 unspecified atom stereocenters. The van der Waals surface area contributed by atoms with E-state index >= 15 is 0 Å². The van der Waals surface area contributed by atoms with Crippen molar-refractivity contribution in [2.24, 2.45) is 5.92 Å². The first-order valence-electron chi connectivity index (χ1n) is 5.09. The predicted molar refractivity (Wildman–Crippen MR) is 59.8 cm³/mol. The summed E-state index contributed by atoms with van der Waals surface area (Å²) in [5.41, 5.74) is 6.16. The van der Waals surface area contributed by atoms with Gasteiger partial charge in [0.25, 0.3) is 0 Å². The van der Waals surface area contributed by atoms with Crippen LogP contribution in [0.1, 0.15) is 13.8 Å². The fourth-order valence-electron chi connectivity index (χ4n) is 1.05. The van der Waals surface area contributed by atoms with E-state index in [1.807, 2.05) is 0 Å². The minimum absolute atomic E-state index is 0.526. The van der Waals surface area contributed by atoms with Crippen LogP contribution in [0.2, 0.25) is 0 Å². The molecule has 0 aliphatic heterocycles. The van der Waals surface area contributed by atoms with Gasteiger partial charge in [-0.05, 0) is 5.92 Å². The molecular weight excluding hydrogens is 192 g/mol. The summed E-state index contributed by atoms with van der Waals surface area (Å²) in [7, 11) is 0. The van der Waals surface area contributed by atoms with Gasteiger partial charge in [0.05, 0.1) is 24.7 Å². The Kier molecular flexibility index (Phi) is 4.90. The molecule has 0 saturated heterocycles. The highest BCUT2D eigenvalue weighted by Crippen LogP contribution is 2.11. The molecule has 84 valence electrons. The van der Waals surface area contributed by atoms with Gasteiger partial charge >= 0.3 is 0 Å². The van der Waals surface area contributed by atoms with E-state index in [0.717, 1.165) is 6.61 Å². The molecule has 0 bridgehead atoms. The molecule has 0 saturated carbocycles. The Bertz CT molecular complexity index is 290. The fourth-order valence-corrected chi connectivity index (χ4v) is 1.05. The minimum atomic E-state index is 0.526. The summed E-state index contributed by atoms with van der Waals surface area (Å²) in [5.74, 6) is 1.24. The molecule has 1 rings (SSSR count). The quantitative estimate of drug-likeness (QED) is 0.726. The zero-order chi connectivity index (χ0) is 11.1. The molecule has 0 aliphatic rings. The number of hydrogen-bond donors (Lipinski definition) is 1. The highest BCUT2D eigenvalue weighted by Gasteiger charge is 1.96. The largest absolute Gasteiger partial charge is 0.489 e. The van der Waals surface area contributed by atoms with Crippen molar-refractivity contribution in [2.75, 3.05) is 25.6 Å². The van der Waals surface area contributed by atoms with Crippen LogP contribution in [0.15, 0.2) is 18.5 Å². The molecule has 0 atom stereocenters. The van der Waals surface area contributed by atoms with E-state index < -0.39 is 0 Å². The van der Waals surface area contributed by atoms with Crippen molar-refractivity contribution in [1.82, 2.24) is 4.98 Å². The van der Waals surface area contributed by atoms with Crippen LogP contribution in [-0.4, -0.2) is 24.8 Å². The molecule has 1 heterocycles. The molecule has 4 heteroatoms.